The number of para-hydroxylation sites is 2. The number of aromatic amines is 1. The highest BCUT2D eigenvalue weighted by Gasteiger charge is 2.32. The van der Waals surface area contributed by atoms with Crippen LogP contribution >= 0.6 is 0 Å². The van der Waals surface area contributed by atoms with Gasteiger partial charge in [0.2, 0.25) is 21.9 Å². The molecule has 0 saturated carbocycles. The van der Waals surface area contributed by atoms with Gasteiger partial charge in [-0.25, -0.2) is 13.4 Å². The van der Waals surface area contributed by atoms with Crippen LogP contribution in [-0.4, -0.2) is 66.6 Å². The third kappa shape index (κ3) is 7.96. The SMILES string of the molecule is O=C(O)C(CNC(=O)C1CC(CCCCNc2nc3ccccc3[nH]2)ON1)NS(=O)(=O)c1ccc(-c2ccccc2)cc1. The molecule has 13 heteroatoms. The van der Waals surface area contributed by atoms with Crippen molar-refractivity contribution in [3.63, 3.8) is 0 Å². The van der Waals surface area contributed by atoms with Gasteiger partial charge in [-0.05, 0) is 54.7 Å². The summed E-state index contributed by atoms with van der Waals surface area (Å²) in [6.07, 6.45) is 2.72. The number of imidazole rings is 1. The minimum Gasteiger partial charge on any atom is -0.480 e. The number of rotatable bonds is 14. The lowest BCUT2D eigenvalue weighted by molar-refractivity contribution is -0.139. The Morgan fingerprint density at radius 1 is 0.977 bits per heavy atom. The number of nitrogens with zero attached hydrogens (tertiary/aromatic N) is 1. The van der Waals surface area contributed by atoms with E-state index >= 15 is 0 Å². The van der Waals surface area contributed by atoms with E-state index in [0.29, 0.717) is 6.42 Å². The van der Waals surface area contributed by atoms with Gasteiger partial charge >= 0.3 is 5.97 Å². The van der Waals surface area contributed by atoms with Crippen molar-refractivity contribution in [2.24, 2.45) is 0 Å². The first-order valence-electron chi connectivity index (χ1n) is 14.1. The maximum atomic E-state index is 12.9. The van der Waals surface area contributed by atoms with Crippen LogP contribution < -0.4 is 20.8 Å². The van der Waals surface area contributed by atoms with Gasteiger partial charge in [0.05, 0.1) is 22.0 Å². The molecule has 3 unspecified atom stereocenters. The highest BCUT2D eigenvalue weighted by molar-refractivity contribution is 7.89. The fourth-order valence-electron chi connectivity index (χ4n) is 4.83. The molecule has 1 amide bonds. The molecule has 1 aliphatic heterocycles. The molecule has 6 N–H and O–H groups in total. The van der Waals surface area contributed by atoms with Crippen LogP contribution in [0.2, 0.25) is 0 Å². The quantitative estimate of drug-likeness (QED) is 0.118. The summed E-state index contributed by atoms with van der Waals surface area (Å²) >= 11 is 0. The molecule has 0 aliphatic carbocycles. The van der Waals surface area contributed by atoms with Crippen molar-refractivity contribution < 1.29 is 28.0 Å². The number of carboxylic acids is 1. The van der Waals surface area contributed by atoms with E-state index in [9.17, 15) is 23.1 Å². The predicted octanol–water partition coefficient (Wildman–Crippen LogP) is 3.02. The lowest BCUT2D eigenvalue weighted by Crippen LogP contribution is -2.51. The molecule has 3 atom stereocenters. The molecule has 1 aromatic heterocycles. The largest absolute Gasteiger partial charge is 0.480 e. The Kier molecular flexibility index (Phi) is 9.67. The van der Waals surface area contributed by atoms with Crippen molar-refractivity contribution in [1.82, 2.24) is 25.5 Å². The lowest BCUT2D eigenvalue weighted by Gasteiger charge is -2.17. The predicted molar refractivity (Wildman–Crippen MR) is 161 cm³/mol. The van der Waals surface area contributed by atoms with Crippen molar-refractivity contribution in [3.05, 3.63) is 78.9 Å². The van der Waals surface area contributed by atoms with Crippen molar-refractivity contribution in [2.45, 2.75) is 48.8 Å². The minimum absolute atomic E-state index is 0.0775. The number of hydroxylamine groups is 1. The number of anilines is 1. The first-order chi connectivity index (χ1) is 20.8. The Morgan fingerprint density at radius 3 is 2.44 bits per heavy atom. The molecule has 1 saturated heterocycles. The molecule has 3 aromatic carbocycles. The second-order valence-corrected chi connectivity index (χ2v) is 12.0. The summed E-state index contributed by atoms with van der Waals surface area (Å²) in [7, 11) is -4.15. The number of fused-ring (bicyclic) bond motifs is 1. The summed E-state index contributed by atoms with van der Waals surface area (Å²) in [5.41, 5.74) is 6.33. The summed E-state index contributed by atoms with van der Waals surface area (Å²) < 4.78 is 27.9. The average molecular weight is 607 g/mol. The standard InChI is InChI=1S/C30H34N6O6S/c37-28(26-18-22(42-35-26)10-6-7-17-31-30-33-24-11-4-5-12-25(24)34-30)32-19-27(29(38)39)36-43(40,41)23-15-13-21(14-16-23)20-8-2-1-3-9-20/h1-5,8-9,11-16,22,26-27,35-36H,6-7,10,17-19H2,(H,32,37)(H,38,39)(H2,31,33,34). The Balaban J connectivity index is 1.03. The van der Waals surface area contributed by atoms with Crippen LogP contribution in [0.3, 0.4) is 0 Å². The summed E-state index contributed by atoms with van der Waals surface area (Å²) in [4.78, 5) is 37.7. The number of benzene rings is 3. The molecule has 226 valence electrons. The number of nitrogens with one attached hydrogen (secondary N) is 5. The highest BCUT2D eigenvalue weighted by atomic mass is 32.2. The molecule has 0 radical (unpaired) electrons. The summed E-state index contributed by atoms with van der Waals surface area (Å²) in [6.45, 7) is 0.305. The van der Waals surface area contributed by atoms with Crippen molar-refractivity contribution >= 4 is 38.9 Å². The third-order valence-corrected chi connectivity index (χ3v) is 8.66. The fraction of sp³-hybridized carbons (Fsp3) is 0.300. The van der Waals surface area contributed by atoms with Gasteiger partial charge in [-0.2, -0.15) is 10.2 Å². The zero-order chi connectivity index (χ0) is 30.2. The van der Waals surface area contributed by atoms with Gasteiger partial charge in [-0.3, -0.25) is 14.4 Å². The van der Waals surface area contributed by atoms with E-state index in [-0.39, 0.29) is 11.0 Å². The topological polar surface area (TPSA) is 175 Å². The third-order valence-electron chi connectivity index (χ3n) is 7.17. The zero-order valence-electron chi connectivity index (χ0n) is 23.3. The lowest BCUT2D eigenvalue weighted by atomic mass is 10.1. The first kappa shape index (κ1) is 30.2. The molecule has 1 fully saturated rings. The molecular weight excluding hydrogens is 572 g/mol. The van der Waals surface area contributed by atoms with Crippen LogP contribution in [0, 0.1) is 0 Å². The Hall–Kier alpha value is -4.30. The Bertz CT molecular complexity index is 1610. The number of carbonyl (C=O) groups is 2. The van der Waals surface area contributed by atoms with Crippen LogP contribution in [0.25, 0.3) is 22.2 Å². The van der Waals surface area contributed by atoms with Crippen LogP contribution in [0.4, 0.5) is 5.95 Å². The molecule has 4 aromatic rings. The number of H-pyrrole nitrogens is 1. The molecule has 5 rings (SSSR count). The van der Waals surface area contributed by atoms with Gasteiger partial charge in [0, 0.05) is 19.5 Å². The summed E-state index contributed by atoms with van der Waals surface area (Å²) in [6, 6.07) is 21.2. The maximum absolute atomic E-state index is 12.9. The number of carboxylic acid groups (broad SMARTS) is 1. The van der Waals surface area contributed by atoms with Gasteiger partial charge in [0.25, 0.3) is 0 Å². The molecule has 43 heavy (non-hydrogen) atoms. The summed E-state index contributed by atoms with van der Waals surface area (Å²) in [5, 5.41) is 15.4. The van der Waals surface area contributed by atoms with Crippen molar-refractivity contribution in [2.75, 3.05) is 18.4 Å². The zero-order valence-corrected chi connectivity index (χ0v) is 24.1. The molecular formula is C30H34N6O6S. The number of aliphatic carboxylic acids is 1. The number of hydrogen-bond donors (Lipinski definition) is 6. The second kappa shape index (κ2) is 13.8. The van der Waals surface area contributed by atoms with Gasteiger partial charge in [0.1, 0.15) is 12.1 Å². The van der Waals surface area contributed by atoms with E-state index in [4.69, 9.17) is 4.84 Å². The molecule has 12 nitrogen and oxygen atoms in total. The van der Waals surface area contributed by atoms with Crippen LogP contribution in [0.15, 0.2) is 83.8 Å². The molecule has 2 heterocycles. The van der Waals surface area contributed by atoms with Crippen LogP contribution in [-0.2, 0) is 24.4 Å². The number of sulfonamides is 1. The smallest absolute Gasteiger partial charge is 0.323 e. The maximum Gasteiger partial charge on any atom is 0.323 e. The van der Waals surface area contributed by atoms with E-state index in [1.807, 2.05) is 54.6 Å². The van der Waals surface area contributed by atoms with E-state index in [1.54, 1.807) is 12.1 Å². The van der Waals surface area contributed by atoms with Crippen molar-refractivity contribution in [3.8, 4) is 11.1 Å². The Labute approximate surface area is 249 Å². The Morgan fingerprint density at radius 2 is 1.70 bits per heavy atom. The number of hydrogen-bond acceptors (Lipinski definition) is 8. The average Bonchev–Trinajstić information content (AvgIpc) is 3.66. The number of amides is 1. The van der Waals surface area contributed by atoms with E-state index in [2.05, 4.69) is 30.8 Å². The summed E-state index contributed by atoms with van der Waals surface area (Å²) in [5.74, 6) is -1.15. The number of carbonyl (C=O) groups excluding carboxylic acids is 1. The monoisotopic (exact) mass is 606 g/mol. The van der Waals surface area contributed by atoms with Gasteiger partial charge in [-0.1, -0.05) is 54.6 Å². The van der Waals surface area contributed by atoms with E-state index in [1.165, 1.54) is 12.1 Å². The molecule has 0 bridgehead atoms. The van der Waals surface area contributed by atoms with Crippen molar-refractivity contribution in [1.29, 1.82) is 0 Å². The molecule has 0 spiro atoms. The van der Waals surface area contributed by atoms with E-state index < -0.39 is 40.5 Å². The van der Waals surface area contributed by atoms with Crippen LogP contribution in [0.1, 0.15) is 25.7 Å². The fourth-order valence-corrected chi connectivity index (χ4v) is 6.02. The first-order valence-corrected chi connectivity index (χ1v) is 15.5. The van der Waals surface area contributed by atoms with Gasteiger partial charge in [0.15, 0.2) is 0 Å². The van der Waals surface area contributed by atoms with Crippen LogP contribution in [0.5, 0.6) is 0 Å². The highest BCUT2D eigenvalue weighted by Crippen LogP contribution is 2.21. The second-order valence-electron chi connectivity index (χ2n) is 10.3. The van der Waals surface area contributed by atoms with E-state index in [0.717, 1.165) is 53.9 Å². The molecule has 1 aliphatic rings. The minimum atomic E-state index is -4.15. The normalized spacial score (nSPS) is 17.5. The van der Waals surface area contributed by atoms with Gasteiger partial charge in [-0.15, -0.1) is 0 Å². The number of unbranched alkanes of at least 4 members (excludes halogenated alkanes) is 1. The van der Waals surface area contributed by atoms with Gasteiger partial charge < -0.3 is 20.7 Å². The number of aromatic nitrogens is 2.